The number of imidazole rings is 1. The van der Waals surface area contributed by atoms with E-state index in [-0.39, 0.29) is 23.0 Å². The molecule has 1 atom stereocenters. The van der Waals surface area contributed by atoms with Crippen LogP contribution < -0.4 is 28.1 Å². The third-order valence-electron chi connectivity index (χ3n) is 6.82. The van der Waals surface area contributed by atoms with E-state index in [9.17, 15) is 31.5 Å². The van der Waals surface area contributed by atoms with Gasteiger partial charge in [0.15, 0.2) is 0 Å². The van der Waals surface area contributed by atoms with Crippen molar-refractivity contribution in [1.29, 1.82) is 0 Å². The van der Waals surface area contributed by atoms with E-state index in [0.29, 0.717) is 21.9 Å². The average molecular weight is 657 g/mol. The molecule has 5 aromatic rings. The van der Waals surface area contributed by atoms with Gasteiger partial charge >= 0.3 is 12.4 Å². The Morgan fingerprint density at radius 2 is 1.45 bits per heavy atom. The van der Waals surface area contributed by atoms with E-state index in [1.165, 1.54) is 42.6 Å². The van der Waals surface area contributed by atoms with Gasteiger partial charge < -0.3 is 22.0 Å². The van der Waals surface area contributed by atoms with Crippen molar-refractivity contribution in [2.24, 2.45) is 21.5 Å². The van der Waals surface area contributed by atoms with E-state index in [1.54, 1.807) is 11.5 Å². The van der Waals surface area contributed by atoms with Crippen LogP contribution in [0.2, 0.25) is 0 Å². The lowest BCUT2D eigenvalue weighted by Gasteiger charge is -2.28. The molecule has 0 bridgehead atoms. The lowest BCUT2D eigenvalue weighted by Crippen LogP contribution is -2.49. The van der Waals surface area contributed by atoms with Gasteiger partial charge in [0.2, 0.25) is 5.79 Å². The van der Waals surface area contributed by atoms with Crippen LogP contribution in [0.5, 0.6) is 0 Å². The molecule has 1 aliphatic heterocycles. The second-order valence-corrected chi connectivity index (χ2v) is 10.1. The van der Waals surface area contributed by atoms with Crippen molar-refractivity contribution in [1.82, 2.24) is 24.6 Å². The Kier molecular flexibility index (Phi) is 8.42. The van der Waals surface area contributed by atoms with Crippen LogP contribution in [0.4, 0.5) is 37.8 Å². The van der Waals surface area contributed by atoms with Crippen molar-refractivity contribution < 1.29 is 31.5 Å². The van der Waals surface area contributed by atoms with Gasteiger partial charge in [0, 0.05) is 17.8 Å². The Balaban J connectivity index is 0.000000207. The fourth-order valence-electron chi connectivity index (χ4n) is 4.54. The van der Waals surface area contributed by atoms with E-state index in [1.807, 2.05) is 24.3 Å². The van der Waals surface area contributed by atoms with Gasteiger partial charge in [-0.05, 0) is 61.5 Å². The largest absolute Gasteiger partial charge is 0.423 e. The van der Waals surface area contributed by atoms with Crippen molar-refractivity contribution in [3.05, 3.63) is 119 Å². The lowest BCUT2D eigenvalue weighted by atomic mass is 10.1. The highest BCUT2D eigenvalue weighted by Crippen LogP contribution is 2.31. The second kappa shape index (κ2) is 12.2. The molecule has 17 heteroatoms. The van der Waals surface area contributed by atoms with Crippen molar-refractivity contribution >= 4 is 28.4 Å². The molecule has 0 radical (unpaired) electrons. The summed E-state index contributed by atoms with van der Waals surface area (Å²) in [7, 11) is 0. The molecule has 6 rings (SSSR count). The van der Waals surface area contributed by atoms with Crippen LogP contribution in [0.3, 0.4) is 0 Å². The number of alkyl halides is 6. The summed E-state index contributed by atoms with van der Waals surface area (Å²) in [5.74, 6) is -0.156. The zero-order chi connectivity index (χ0) is 34.1. The quantitative estimate of drug-likeness (QED) is 0.137. The molecule has 244 valence electrons. The number of aliphatic imine (C=N–C) groups is 1. The maximum Gasteiger partial charge on any atom is 0.416 e. The van der Waals surface area contributed by atoms with Crippen LogP contribution in [-0.2, 0) is 18.1 Å². The number of rotatable bonds is 3. The van der Waals surface area contributed by atoms with Crippen molar-refractivity contribution in [2.45, 2.75) is 25.1 Å². The average Bonchev–Trinajstić information content (AvgIpc) is 3.34. The molecule has 3 heterocycles. The van der Waals surface area contributed by atoms with Gasteiger partial charge in [-0.15, -0.1) is 4.73 Å². The number of nitrogens with one attached hydrogen (secondary N) is 1. The van der Waals surface area contributed by atoms with Gasteiger partial charge in [-0.1, -0.05) is 24.3 Å². The number of halogens is 6. The third-order valence-corrected chi connectivity index (χ3v) is 6.82. The van der Waals surface area contributed by atoms with E-state index in [4.69, 9.17) is 17.2 Å². The minimum atomic E-state index is -4.45. The maximum atomic E-state index is 12.7. The summed E-state index contributed by atoms with van der Waals surface area (Å²) in [4.78, 5) is 16.9. The number of hydrogen-bond acceptors (Lipinski definition) is 9. The van der Waals surface area contributed by atoms with E-state index in [2.05, 4.69) is 25.3 Å². The van der Waals surface area contributed by atoms with Gasteiger partial charge in [0.1, 0.15) is 23.3 Å². The Hall–Kier alpha value is -5.84. The normalized spacial score (nSPS) is 16.8. The molecule has 47 heavy (non-hydrogen) atoms. The Labute approximate surface area is 262 Å². The molecule has 0 aliphatic carbocycles. The van der Waals surface area contributed by atoms with Gasteiger partial charge in [-0.3, -0.25) is 10.3 Å². The fourth-order valence-corrected chi connectivity index (χ4v) is 4.54. The minimum Gasteiger partial charge on any atom is -0.423 e. The molecule has 0 saturated carbocycles. The van der Waals surface area contributed by atoms with Gasteiger partial charge in [-0.25, -0.2) is 15.0 Å². The molecule has 0 amide bonds. The Morgan fingerprint density at radius 3 is 2.04 bits per heavy atom. The van der Waals surface area contributed by atoms with Crippen molar-refractivity contribution in [2.75, 3.05) is 5.73 Å². The molecule has 0 fully saturated rings. The van der Waals surface area contributed by atoms with E-state index < -0.39 is 29.3 Å². The first-order valence-electron chi connectivity index (χ1n) is 13.6. The minimum absolute atomic E-state index is 0.0437. The molecule has 1 unspecified atom stereocenters. The Bertz CT molecular complexity index is 2050. The number of nitrogens with two attached hydrogens (primary N) is 3. The third kappa shape index (κ3) is 7.04. The van der Waals surface area contributed by atoms with Crippen LogP contribution in [0, 0.1) is 6.92 Å². The standard InChI is InChI=1S/C19H15F3N6O.C11H11F3N4/c1-11-24-14-4-2-3-5-15(14)27(11)17-10-16(23)28(29)18(26-17)25-13-8-6-12(7-9-13)19(20,21)22;12-10(13,14)7-1-3-8(4-2-7)11(16)17-6-5-9(15)18-11/h2-10,29H,23H2,1H3;1-6,17H,16H2,(H2,15,18). The number of aryl methyl sites for hydroxylation is 1. The highest BCUT2D eigenvalue weighted by molar-refractivity contribution is 5.92. The molecular weight excluding hydrogens is 630 g/mol. The summed E-state index contributed by atoms with van der Waals surface area (Å²) >= 11 is 0. The monoisotopic (exact) mass is 656 g/mol. The number of nitrogens with zero attached hydrogens (tertiary/aromatic N) is 6. The number of benzene rings is 3. The molecule has 3 aromatic carbocycles. The second-order valence-electron chi connectivity index (χ2n) is 10.1. The summed E-state index contributed by atoms with van der Waals surface area (Å²) in [5.41, 5.74) is 17.7. The lowest BCUT2D eigenvalue weighted by molar-refractivity contribution is -0.138. The smallest absolute Gasteiger partial charge is 0.416 e. The van der Waals surface area contributed by atoms with Gasteiger partial charge in [0.05, 0.1) is 27.8 Å². The molecule has 8 N–H and O–H groups in total. The summed E-state index contributed by atoms with van der Waals surface area (Å²) in [5, 5.41) is 12.9. The van der Waals surface area contributed by atoms with Crippen molar-refractivity contribution in [3.63, 3.8) is 0 Å². The number of anilines is 1. The summed E-state index contributed by atoms with van der Waals surface area (Å²) in [6.45, 7) is 1.80. The van der Waals surface area contributed by atoms with Gasteiger partial charge in [-0.2, -0.15) is 31.3 Å². The molecular formula is C30H26F6N10O. The summed E-state index contributed by atoms with van der Waals surface area (Å²) in [6, 6.07) is 17.5. The first kappa shape index (κ1) is 32.6. The number of para-hydroxylation sites is 2. The molecule has 0 spiro atoms. The molecule has 2 aromatic heterocycles. The first-order chi connectivity index (χ1) is 22.0. The van der Waals surface area contributed by atoms with Crippen LogP contribution >= 0.6 is 0 Å². The van der Waals surface area contributed by atoms with Crippen molar-refractivity contribution in [3.8, 4) is 5.82 Å². The zero-order valence-electron chi connectivity index (χ0n) is 24.3. The fraction of sp³-hybridized carbons (Fsp3) is 0.133. The first-order valence-corrected chi connectivity index (χ1v) is 13.6. The highest BCUT2D eigenvalue weighted by Gasteiger charge is 2.33. The predicted octanol–water partition coefficient (Wildman–Crippen LogP) is 4.85. The van der Waals surface area contributed by atoms with E-state index in [0.717, 1.165) is 35.3 Å². The number of nitrogen functional groups attached to an aromatic ring is 1. The Morgan fingerprint density at radius 1 is 0.851 bits per heavy atom. The maximum absolute atomic E-state index is 12.7. The number of fused-ring (bicyclic) bond motifs is 1. The number of aromatic nitrogens is 4. The summed E-state index contributed by atoms with van der Waals surface area (Å²) in [6.07, 6.45) is -5.81. The summed E-state index contributed by atoms with van der Waals surface area (Å²) < 4.78 is 77.7. The number of hydrogen-bond donors (Lipinski definition) is 5. The molecule has 0 saturated heterocycles. The van der Waals surface area contributed by atoms with E-state index >= 15 is 0 Å². The van der Waals surface area contributed by atoms with Crippen LogP contribution in [0.15, 0.2) is 101 Å². The highest BCUT2D eigenvalue weighted by atomic mass is 19.4. The molecule has 11 nitrogen and oxygen atoms in total. The van der Waals surface area contributed by atoms with Crippen LogP contribution in [0.25, 0.3) is 16.9 Å². The molecule has 1 aliphatic rings. The van der Waals surface area contributed by atoms with Crippen LogP contribution in [-0.4, -0.2) is 30.3 Å². The van der Waals surface area contributed by atoms with Gasteiger partial charge in [0.25, 0.3) is 5.62 Å². The topological polar surface area (TPSA) is 171 Å². The number of amidine groups is 1. The zero-order valence-corrected chi connectivity index (χ0v) is 24.3. The van der Waals surface area contributed by atoms with Crippen LogP contribution in [0.1, 0.15) is 22.5 Å². The SMILES string of the molecule is Cc1nc2ccccc2n1-c1cc(N)n(O)c(=Nc2ccc(C(F)(F)F)cc2)n1.NC1=NC(N)(c2ccc(C(F)(F)F)cc2)NC=C1. The predicted molar refractivity (Wildman–Crippen MR) is 161 cm³/mol.